The van der Waals surface area contributed by atoms with Crippen LogP contribution in [0.25, 0.3) is 33.0 Å². The fourth-order valence-corrected chi connectivity index (χ4v) is 4.61. The predicted molar refractivity (Wildman–Crippen MR) is 97.8 cm³/mol. The summed E-state index contributed by atoms with van der Waals surface area (Å²) in [6, 6.07) is 10.1. The Morgan fingerprint density at radius 2 is 1.96 bits per heavy atom. The van der Waals surface area contributed by atoms with Crippen molar-refractivity contribution in [3.63, 3.8) is 0 Å². The SMILES string of the molecule is Cn1ccnc1-c1nc(Cl)c2c(-c3ccccc3)c(Br)sc2n1. The molecule has 0 N–H and O–H groups in total. The van der Waals surface area contributed by atoms with E-state index in [-0.39, 0.29) is 0 Å². The number of hydrogen-bond acceptors (Lipinski definition) is 4. The topological polar surface area (TPSA) is 43.6 Å². The summed E-state index contributed by atoms with van der Waals surface area (Å²) in [5, 5.41) is 1.31. The maximum atomic E-state index is 6.50. The van der Waals surface area contributed by atoms with Crippen LogP contribution in [-0.2, 0) is 7.05 Å². The summed E-state index contributed by atoms with van der Waals surface area (Å²) in [5.74, 6) is 1.22. The van der Waals surface area contributed by atoms with Crippen LogP contribution in [0, 0.1) is 0 Å². The summed E-state index contributed by atoms with van der Waals surface area (Å²) in [6.45, 7) is 0. The lowest BCUT2D eigenvalue weighted by Crippen LogP contribution is -1.97. The Kier molecular flexibility index (Phi) is 3.67. The molecule has 0 aliphatic rings. The summed E-state index contributed by atoms with van der Waals surface area (Å²) in [4.78, 5) is 14.3. The van der Waals surface area contributed by atoms with Gasteiger partial charge in [-0.25, -0.2) is 15.0 Å². The van der Waals surface area contributed by atoms with Crippen molar-refractivity contribution in [3.05, 3.63) is 51.7 Å². The van der Waals surface area contributed by atoms with E-state index in [4.69, 9.17) is 11.6 Å². The molecule has 4 nitrogen and oxygen atoms in total. The molecular weight excluding hydrogens is 396 g/mol. The second-order valence-electron chi connectivity index (χ2n) is 5.00. The number of imidazole rings is 1. The summed E-state index contributed by atoms with van der Waals surface area (Å²) in [7, 11) is 1.91. The largest absolute Gasteiger partial charge is 0.331 e. The predicted octanol–water partition coefficient (Wildman–Crippen LogP) is 5.17. The van der Waals surface area contributed by atoms with E-state index < -0.39 is 0 Å². The molecule has 0 aliphatic heterocycles. The Morgan fingerprint density at radius 3 is 2.65 bits per heavy atom. The highest BCUT2D eigenvalue weighted by atomic mass is 79.9. The third-order valence-corrected chi connectivity index (χ3v) is 5.58. The molecule has 0 spiro atoms. The molecule has 1 aromatic carbocycles. The van der Waals surface area contributed by atoms with Gasteiger partial charge >= 0.3 is 0 Å². The number of aromatic nitrogens is 4. The minimum Gasteiger partial charge on any atom is -0.331 e. The standard InChI is InChI=1S/C16H10BrClN4S/c1-22-8-7-19-15(22)14-20-13(18)11-10(9-5-3-2-4-6-9)12(17)23-16(11)21-14/h2-8H,1H3. The second-order valence-corrected chi connectivity index (χ2v) is 7.67. The Hall–Kier alpha value is -1.76. The smallest absolute Gasteiger partial charge is 0.198 e. The van der Waals surface area contributed by atoms with Gasteiger partial charge in [0.25, 0.3) is 0 Å². The first kappa shape index (κ1) is 14.8. The minimum atomic E-state index is 0.439. The third-order valence-electron chi connectivity index (χ3n) is 3.55. The van der Waals surface area contributed by atoms with Gasteiger partial charge < -0.3 is 4.57 Å². The van der Waals surface area contributed by atoms with Gasteiger partial charge in [-0.2, -0.15) is 0 Å². The highest BCUT2D eigenvalue weighted by Crippen LogP contribution is 2.44. The maximum absolute atomic E-state index is 6.50. The van der Waals surface area contributed by atoms with Crippen molar-refractivity contribution in [3.8, 4) is 22.8 Å². The zero-order valence-corrected chi connectivity index (χ0v) is 15.2. The summed E-state index contributed by atoms with van der Waals surface area (Å²) in [5.41, 5.74) is 2.11. The molecule has 0 atom stereocenters. The molecule has 0 saturated heterocycles. The van der Waals surface area contributed by atoms with Gasteiger partial charge in [0.15, 0.2) is 11.6 Å². The van der Waals surface area contributed by atoms with Crippen molar-refractivity contribution in [1.29, 1.82) is 0 Å². The van der Waals surface area contributed by atoms with E-state index >= 15 is 0 Å². The fraction of sp³-hybridized carbons (Fsp3) is 0.0625. The summed E-state index contributed by atoms with van der Waals surface area (Å²) < 4.78 is 2.87. The summed E-state index contributed by atoms with van der Waals surface area (Å²) >= 11 is 11.7. The molecule has 7 heteroatoms. The molecule has 3 aromatic heterocycles. The van der Waals surface area contributed by atoms with E-state index in [1.807, 2.05) is 36.0 Å². The molecule has 0 fully saturated rings. The van der Waals surface area contributed by atoms with Crippen molar-refractivity contribution in [1.82, 2.24) is 19.5 Å². The molecule has 114 valence electrons. The monoisotopic (exact) mass is 404 g/mol. The quantitative estimate of drug-likeness (QED) is 0.432. The highest BCUT2D eigenvalue weighted by molar-refractivity contribution is 9.11. The van der Waals surface area contributed by atoms with Crippen LogP contribution in [0.1, 0.15) is 0 Å². The Balaban J connectivity index is 1.99. The molecule has 4 rings (SSSR count). The lowest BCUT2D eigenvalue weighted by Gasteiger charge is -2.04. The zero-order chi connectivity index (χ0) is 16.0. The summed E-state index contributed by atoms with van der Waals surface area (Å²) in [6.07, 6.45) is 3.58. The number of aryl methyl sites for hydroxylation is 1. The fourth-order valence-electron chi connectivity index (χ4n) is 2.48. The number of rotatable bonds is 2. The van der Waals surface area contributed by atoms with Crippen LogP contribution in [-0.4, -0.2) is 19.5 Å². The highest BCUT2D eigenvalue weighted by Gasteiger charge is 2.19. The normalized spacial score (nSPS) is 11.3. The molecule has 3 heterocycles. The van der Waals surface area contributed by atoms with E-state index in [1.165, 1.54) is 0 Å². The Labute approximate surface area is 149 Å². The molecule has 0 aliphatic carbocycles. The Bertz CT molecular complexity index is 1010. The van der Waals surface area contributed by atoms with Crippen LogP contribution in [0.3, 0.4) is 0 Å². The molecule has 0 bridgehead atoms. The number of halogens is 2. The van der Waals surface area contributed by atoms with E-state index in [1.54, 1.807) is 17.5 Å². The number of fused-ring (bicyclic) bond motifs is 1. The second kappa shape index (κ2) is 5.70. The van der Waals surface area contributed by atoms with Gasteiger partial charge in [-0.3, -0.25) is 0 Å². The van der Waals surface area contributed by atoms with Crippen LogP contribution in [0.5, 0.6) is 0 Å². The van der Waals surface area contributed by atoms with Crippen molar-refractivity contribution >= 4 is 49.1 Å². The van der Waals surface area contributed by atoms with E-state index in [9.17, 15) is 0 Å². The molecule has 0 amide bonds. The van der Waals surface area contributed by atoms with Gasteiger partial charge in [0, 0.05) is 25.0 Å². The number of thiophene rings is 1. The molecule has 0 radical (unpaired) electrons. The Morgan fingerprint density at radius 1 is 1.17 bits per heavy atom. The average Bonchev–Trinajstić information content (AvgIpc) is 3.11. The average molecular weight is 406 g/mol. The van der Waals surface area contributed by atoms with Crippen LogP contribution in [0.2, 0.25) is 5.15 Å². The molecule has 0 saturated carbocycles. The maximum Gasteiger partial charge on any atom is 0.198 e. The molecule has 4 aromatic rings. The molecular formula is C16H10BrClN4S. The third kappa shape index (κ3) is 2.47. The van der Waals surface area contributed by atoms with E-state index in [0.717, 1.165) is 25.1 Å². The molecule has 0 unspecified atom stereocenters. The first-order chi connectivity index (χ1) is 11.1. The lowest BCUT2D eigenvalue weighted by molar-refractivity contribution is 0.909. The van der Waals surface area contributed by atoms with Gasteiger partial charge in [-0.05, 0) is 21.5 Å². The van der Waals surface area contributed by atoms with Crippen molar-refractivity contribution in [2.75, 3.05) is 0 Å². The number of benzene rings is 1. The van der Waals surface area contributed by atoms with Crippen molar-refractivity contribution in [2.24, 2.45) is 7.05 Å². The molecule has 23 heavy (non-hydrogen) atoms. The van der Waals surface area contributed by atoms with Crippen LogP contribution >= 0.6 is 38.9 Å². The zero-order valence-electron chi connectivity index (χ0n) is 12.0. The minimum absolute atomic E-state index is 0.439. The first-order valence-corrected chi connectivity index (χ1v) is 8.82. The van der Waals surface area contributed by atoms with E-state index in [0.29, 0.717) is 16.8 Å². The number of nitrogens with zero attached hydrogens (tertiary/aromatic N) is 4. The van der Waals surface area contributed by atoms with Gasteiger partial charge in [-0.15, -0.1) is 11.3 Å². The van der Waals surface area contributed by atoms with Crippen LogP contribution in [0.4, 0.5) is 0 Å². The van der Waals surface area contributed by atoms with Crippen molar-refractivity contribution in [2.45, 2.75) is 0 Å². The van der Waals surface area contributed by atoms with Crippen molar-refractivity contribution < 1.29 is 0 Å². The number of hydrogen-bond donors (Lipinski definition) is 0. The van der Waals surface area contributed by atoms with Gasteiger partial charge in [0.05, 0.1) is 9.17 Å². The first-order valence-electron chi connectivity index (χ1n) is 6.84. The lowest BCUT2D eigenvalue weighted by atomic mass is 10.1. The van der Waals surface area contributed by atoms with Gasteiger partial charge in [-0.1, -0.05) is 41.9 Å². The van der Waals surface area contributed by atoms with Crippen LogP contribution < -0.4 is 0 Å². The van der Waals surface area contributed by atoms with Gasteiger partial charge in [0.1, 0.15) is 9.98 Å². The van der Waals surface area contributed by atoms with Gasteiger partial charge in [0.2, 0.25) is 0 Å². The van der Waals surface area contributed by atoms with E-state index in [2.05, 4.69) is 43.0 Å². The van der Waals surface area contributed by atoms with Crippen LogP contribution in [0.15, 0.2) is 46.5 Å².